The standard InChI is InChI=1S/C29H45N5O8/c1-7-10-20(28(39)40)31-26(37)22(14-16(3)4)33-24(35)18-12-9-13-19(30-18)25(36)34-23(15-17(5)6)27(38)32-21(11-8-2)29(41)42/h9,12-13,16-17,20-23H,7-8,10-11,14-15H2,1-6H3,(H,31,37)(H,32,38)(H,33,35)(H,34,36)(H,39,40)(H,41,42)/t20-,21-,22-,23-/m0/s1. The molecule has 1 rings (SSSR count). The van der Waals surface area contributed by atoms with Gasteiger partial charge in [0.05, 0.1) is 0 Å². The van der Waals surface area contributed by atoms with E-state index in [2.05, 4.69) is 26.3 Å². The number of rotatable bonds is 18. The molecule has 4 amide bonds. The van der Waals surface area contributed by atoms with Crippen molar-refractivity contribution in [1.82, 2.24) is 26.3 Å². The van der Waals surface area contributed by atoms with Gasteiger partial charge in [0.15, 0.2) is 0 Å². The highest BCUT2D eigenvalue weighted by Crippen LogP contribution is 2.11. The van der Waals surface area contributed by atoms with Crippen LogP contribution >= 0.6 is 0 Å². The van der Waals surface area contributed by atoms with Crippen LogP contribution in [0.1, 0.15) is 101 Å². The van der Waals surface area contributed by atoms with Crippen LogP contribution in [0.2, 0.25) is 0 Å². The van der Waals surface area contributed by atoms with Crippen molar-refractivity contribution in [2.45, 2.75) is 104 Å². The number of carboxylic acids is 2. The zero-order valence-electron chi connectivity index (χ0n) is 25.2. The molecule has 1 aromatic heterocycles. The van der Waals surface area contributed by atoms with E-state index in [1.807, 2.05) is 27.7 Å². The average molecular weight is 592 g/mol. The number of nitrogens with one attached hydrogen (secondary N) is 4. The molecule has 0 aliphatic heterocycles. The van der Waals surface area contributed by atoms with Crippen LogP contribution in [0.15, 0.2) is 18.2 Å². The van der Waals surface area contributed by atoms with Crippen LogP contribution in [-0.4, -0.2) is 74.9 Å². The molecule has 4 atom stereocenters. The molecule has 13 heteroatoms. The number of carbonyl (C=O) groups excluding carboxylic acids is 4. The molecule has 0 aliphatic carbocycles. The van der Waals surface area contributed by atoms with Crippen molar-refractivity contribution in [3.63, 3.8) is 0 Å². The molecule has 13 nitrogen and oxygen atoms in total. The predicted octanol–water partition coefficient (Wildman–Crippen LogP) is 2.11. The highest BCUT2D eigenvalue weighted by Gasteiger charge is 2.29. The first-order valence-corrected chi connectivity index (χ1v) is 14.3. The summed E-state index contributed by atoms with van der Waals surface area (Å²) in [5, 5.41) is 28.9. The molecule has 0 fully saturated rings. The summed E-state index contributed by atoms with van der Waals surface area (Å²) >= 11 is 0. The number of aromatic nitrogens is 1. The highest BCUT2D eigenvalue weighted by molar-refractivity contribution is 6.00. The van der Waals surface area contributed by atoms with Crippen LogP contribution in [-0.2, 0) is 19.2 Å². The molecule has 234 valence electrons. The summed E-state index contributed by atoms with van der Waals surface area (Å²) in [6.07, 6.45) is 2.00. The summed E-state index contributed by atoms with van der Waals surface area (Å²) in [6, 6.07) is -0.136. The minimum absolute atomic E-state index is 0.0114. The minimum atomic E-state index is -1.17. The molecule has 0 aromatic carbocycles. The molecule has 0 saturated heterocycles. The van der Waals surface area contributed by atoms with Gasteiger partial charge < -0.3 is 31.5 Å². The van der Waals surface area contributed by atoms with Gasteiger partial charge in [0.1, 0.15) is 35.6 Å². The first-order valence-electron chi connectivity index (χ1n) is 14.3. The van der Waals surface area contributed by atoms with Crippen molar-refractivity contribution in [3.05, 3.63) is 29.6 Å². The monoisotopic (exact) mass is 591 g/mol. The van der Waals surface area contributed by atoms with Gasteiger partial charge in [-0.2, -0.15) is 0 Å². The first-order chi connectivity index (χ1) is 19.7. The van der Waals surface area contributed by atoms with Gasteiger partial charge in [-0.15, -0.1) is 0 Å². The molecular formula is C29H45N5O8. The van der Waals surface area contributed by atoms with Crippen molar-refractivity contribution >= 4 is 35.6 Å². The number of pyridine rings is 1. The Hall–Kier alpha value is -4.03. The zero-order valence-corrected chi connectivity index (χ0v) is 25.2. The maximum Gasteiger partial charge on any atom is 0.326 e. The molecule has 0 aliphatic rings. The summed E-state index contributed by atoms with van der Waals surface area (Å²) in [7, 11) is 0. The number of hydrogen-bond acceptors (Lipinski definition) is 7. The SMILES string of the molecule is CCC[C@H](NC(=O)[C@H](CC(C)C)NC(=O)c1cccc(C(=O)N[C@@H](CC(C)C)C(=O)N[C@@H](CCC)C(=O)O)n1)C(=O)O. The van der Waals surface area contributed by atoms with Crippen molar-refractivity contribution in [1.29, 1.82) is 0 Å². The van der Waals surface area contributed by atoms with E-state index in [1.54, 1.807) is 13.8 Å². The van der Waals surface area contributed by atoms with E-state index in [-0.39, 0.29) is 48.9 Å². The Labute approximate surface area is 246 Å². The van der Waals surface area contributed by atoms with Crippen LogP contribution in [0.5, 0.6) is 0 Å². The van der Waals surface area contributed by atoms with E-state index < -0.39 is 59.7 Å². The topological polar surface area (TPSA) is 204 Å². The second-order valence-electron chi connectivity index (χ2n) is 11.1. The second-order valence-corrected chi connectivity index (χ2v) is 11.1. The zero-order chi connectivity index (χ0) is 32.0. The van der Waals surface area contributed by atoms with Gasteiger partial charge in [0.25, 0.3) is 11.8 Å². The third-order valence-corrected chi connectivity index (χ3v) is 6.26. The lowest BCUT2D eigenvalue weighted by atomic mass is 10.0. The van der Waals surface area contributed by atoms with Crippen molar-refractivity contribution in [2.75, 3.05) is 0 Å². The molecule has 6 N–H and O–H groups in total. The maximum absolute atomic E-state index is 13.1. The number of carbonyl (C=O) groups is 6. The molecule has 0 spiro atoms. The molecule has 42 heavy (non-hydrogen) atoms. The van der Waals surface area contributed by atoms with Crippen molar-refractivity contribution in [3.8, 4) is 0 Å². The van der Waals surface area contributed by atoms with Crippen molar-refractivity contribution < 1.29 is 39.0 Å². The third-order valence-electron chi connectivity index (χ3n) is 6.26. The lowest BCUT2D eigenvalue weighted by Crippen LogP contribution is -2.52. The van der Waals surface area contributed by atoms with Gasteiger partial charge in [0, 0.05) is 0 Å². The fourth-order valence-corrected chi connectivity index (χ4v) is 4.19. The number of amides is 4. The van der Waals surface area contributed by atoms with E-state index in [1.165, 1.54) is 18.2 Å². The molecule has 0 bridgehead atoms. The van der Waals surface area contributed by atoms with Gasteiger partial charge in [-0.3, -0.25) is 19.2 Å². The lowest BCUT2D eigenvalue weighted by molar-refractivity contribution is -0.142. The van der Waals surface area contributed by atoms with E-state index >= 15 is 0 Å². The Morgan fingerprint density at radius 2 is 1.00 bits per heavy atom. The Morgan fingerprint density at radius 3 is 1.29 bits per heavy atom. The summed E-state index contributed by atoms with van der Waals surface area (Å²) in [5.74, 6) is -5.14. The number of nitrogens with zero attached hydrogens (tertiary/aromatic N) is 1. The smallest absolute Gasteiger partial charge is 0.326 e. The third kappa shape index (κ3) is 12.2. The Morgan fingerprint density at radius 1 is 0.643 bits per heavy atom. The molecule has 0 radical (unpaired) electrons. The van der Waals surface area contributed by atoms with Gasteiger partial charge >= 0.3 is 11.9 Å². The van der Waals surface area contributed by atoms with E-state index in [4.69, 9.17) is 0 Å². The van der Waals surface area contributed by atoms with Gasteiger partial charge in [0.2, 0.25) is 11.8 Å². The van der Waals surface area contributed by atoms with Crippen LogP contribution in [0, 0.1) is 11.8 Å². The fraction of sp³-hybridized carbons (Fsp3) is 0.621. The number of aliphatic carboxylic acids is 2. The number of carboxylic acid groups (broad SMARTS) is 2. The molecule has 1 heterocycles. The first kappa shape index (κ1) is 36.0. The summed E-state index contributed by atoms with van der Waals surface area (Å²) in [4.78, 5) is 79.0. The predicted molar refractivity (Wildman–Crippen MR) is 155 cm³/mol. The normalized spacial score (nSPS) is 13.9. The van der Waals surface area contributed by atoms with Gasteiger partial charge in [-0.05, 0) is 49.7 Å². The Bertz CT molecular complexity index is 1030. The van der Waals surface area contributed by atoms with Crippen LogP contribution in [0.25, 0.3) is 0 Å². The summed E-state index contributed by atoms with van der Waals surface area (Å²) in [5.41, 5.74) is -0.322. The Kier molecular flexibility index (Phi) is 15.2. The minimum Gasteiger partial charge on any atom is -0.480 e. The maximum atomic E-state index is 13.1. The quantitative estimate of drug-likeness (QED) is 0.148. The second kappa shape index (κ2) is 17.7. The van der Waals surface area contributed by atoms with Crippen LogP contribution < -0.4 is 21.3 Å². The highest BCUT2D eigenvalue weighted by atomic mass is 16.4. The molecule has 1 aromatic rings. The van der Waals surface area contributed by atoms with Gasteiger partial charge in [-0.1, -0.05) is 60.5 Å². The van der Waals surface area contributed by atoms with E-state index in [0.29, 0.717) is 12.8 Å². The summed E-state index contributed by atoms with van der Waals surface area (Å²) in [6.45, 7) is 11.0. The summed E-state index contributed by atoms with van der Waals surface area (Å²) < 4.78 is 0. The van der Waals surface area contributed by atoms with Crippen molar-refractivity contribution in [2.24, 2.45) is 11.8 Å². The molecule has 0 saturated carbocycles. The largest absolute Gasteiger partial charge is 0.480 e. The van der Waals surface area contributed by atoms with Crippen LogP contribution in [0.4, 0.5) is 0 Å². The molecular weight excluding hydrogens is 546 g/mol. The average Bonchev–Trinajstić information content (AvgIpc) is 2.90. The van der Waals surface area contributed by atoms with Crippen LogP contribution in [0.3, 0.4) is 0 Å². The number of hydrogen-bond donors (Lipinski definition) is 6. The molecule has 0 unspecified atom stereocenters. The van der Waals surface area contributed by atoms with E-state index in [0.717, 1.165) is 0 Å². The fourth-order valence-electron chi connectivity index (χ4n) is 4.19. The lowest BCUT2D eigenvalue weighted by Gasteiger charge is -2.23. The Balaban J connectivity index is 3.10. The van der Waals surface area contributed by atoms with E-state index in [9.17, 15) is 39.0 Å². The van der Waals surface area contributed by atoms with Gasteiger partial charge in [-0.25, -0.2) is 14.6 Å².